The largest absolute Gasteiger partial charge is 0.483 e. The molecule has 0 aliphatic rings. The van der Waals surface area contributed by atoms with Gasteiger partial charge in [-0.25, -0.2) is 0 Å². The molecule has 1 aromatic carbocycles. The fourth-order valence-electron chi connectivity index (χ4n) is 3.01. The van der Waals surface area contributed by atoms with E-state index in [-0.39, 0.29) is 28.9 Å². The average Bonchev–Trinajstić information content (AvgIpc) is 2.32. The lowest BCUT2D eigenvalue weighted by molar-refractivity contribution is -0.125. The molecule has 0 aliphatic carbocycles. The van der Waals surface area contributed by atoms with Gasteiger partial charge in [-0.05, 0) is 64.7 Å². The highest BCUT2D eigenvalue weighted by Gasteiger charge is 2.27. The van der Waals surface area contributed by atoms with Crippen LogP contribution in [0.25, 0.3) is 0 Å². The summed E-state index contributed by atoms with van der Waals surface area (Å²) >= 11 is 3.53. The molecule has 1 N–H and O–H groups in total. The van der Waals surface area contributed by atoms with Gasteiger partial charge >= 0.3 is 0 Å². The Morgan fingerprint density at radius 2 is 1.67 bits per heavy atom. The van der Waals surface area contributed by atoms with Crippen molar-refractivity contribution in [2.75, 3.05) is 6.61 Å². The molecular weight excluding hydrogens is 366 g/mol. The molecular formula is C20H32BrNO2. The molecule has 0 saturated heterocycles. The highest BCUT2D eigenvalue weighted by Crippen LogP contribution is 2.31. The number of rotatable bonds is 5. The molecule has 0 aromatic heterocycles. The van der Waals surface area contributed by atoms with Crippen LogP contribution in [-0.2, 0) is 10.2 Å². The summed E-state index contributed by atoms with van der Waals surface area (Å²) in [5.41, 5.74) is 1.20. The lowest BCUT2D eigenvalue weighted by atomic mass is 9.82. The zero-order chi connectivity index (χ0) is 18.8. The SMILES string of the molecule is CC(C)(C)CC(C)(C)NC(=O)COc1ccc(C(C)(C)C)cc1Br. The topological polar surface area (TPSA) is 38.3 Å². The Labute approximate surface area is 155 Å². The highest BCUT2D eigenvalue weighted by molar-refractivity contribution is 9.10. The lowest BCUT2D eigenvalue weighted by Crippen LogP contribution is -2.47. The van der Waals surface area contributed by atoms with E-state index >= 15 is 0 Å². The Balaban J connectivity index is 2.65. The van der Waals surface area contributed by atoms with Gasteiger partial charge in [-0.15, -0.1) is 0 Å². The van der Waals surface area contributed by atoms with Gasteiger partial charge < -0.3 is 10.1 Å². The van der Waals surface area contributed by atoms with E-state index in [0.717, 1.165) is 10.9 Å². The van der Waals surface area contributed by atoms with Crippen LogP contribution in [0.15, 0.2) is 22.7 Å². The molecule has 0 fully saturated rings. The summed E-state index contributed by atoms with van der Waals surface area (Å²) in [5.74, 6) is 0.586. The minimum atomic E-state index is -0.258. The van der Waals surface area contributed by atoms with Crippen molar-refractivity contribution >= 4 is 21.8 Å². The normalized spacial score (nSPS) is 12.9. The van der Waals surface area contributed by atoms with E-state index < -0.39 is 0 Å². The molecule has 4 heteroatoms. The number of benzene rings is 1. The molecule has 0 aliphatic heterocycles. The summed E-state index contributed by atoms with van der Waals surface area (Å²) in [6.45, 7) is 17.1. The zero-order valence-electron chi connectivity index (χ0n) is 16.3. The molecule has 3 nitrogen and oxygen atoms in total. The molecule has 136 valence electrons. The maximum Gasteiger partial charge on any atom is 0.258 e. The van der Waals surface area contributed by atoms with Crippen LogP contribution in [-0.4, -0.2) is 18.1 Å². The first-order chi connectivity index (χ1) is 10.7. The van der Waals surface area contributed by atoms with E-state index in [9.17, 15) is 4.79 Å². The third-order valence-corrected chi connectivity index (χ3v) is 4.23. The first-order valence-electron chi connectivity index (χ1n) is 8.43. The van der Waals surface area contributed by atoms with Gasteiger partial charge in [0.05, 0.1) is 4.47 Å². The van der Waals surface area contributed by atoms with Crippen molar-refractivity contribution in [3.63, 3.8) is 0 Å². The van der Waals surface area contributed by atoms with Gasteiger partial charge in [0.2, 0.25) is 0 Å². The van der Waals surface area contributed by atoms with Crippen LogP contribution in [0.1, 0.15) is 67.4 Å². The summed E-state index contributed by atoms with van der Waals surface area (Å²) in [6, 6.07) is 6.01. The van der Waals surface area contributed by atoms with E-state index in [1.165, 1.54) is 5.56 Å². The Morgan fingerprint density at radius 3 is 2.12 bits per heavy atom. The molecule has 1 amide bonds. The smallest absolute Gasteiger partial charge is 0.258 e. The lowest BCUT2D eigenvalue weighted by Gasteiger charge is -2.33. The molecule has 24 heavy (non-hydrogen) atoms. The van der Waals surface area contributed by atoms with Crippen LogP contribution in [0, 0.1) is 5.41 Å². The van der Waals surface area contributed by atoms with Crippen LogP contribution in [0.2, 0.25) is 0 Å². The molecule has 1 aromatic rings. The summed E-state index contributed by atoms with van der Waals surface area (Å²) in [4.78, 5) is 12.2. The fourth-order valence-corrected chi connectivity index (χ4v) is 3.50. The van der Waals surface area contributed by atoms with Crippen LogP contribution in [0.5, 0.6) is 5.75 Å². The van der Waals surface area contributed by atoms with Gasteiger partial charge in [-0.3, -0.25) is 4.79 Å². The zero-order valence-corrected chi connectivity index (χ0v) is 17.9. The third kappa shape index (κ3) is 7.25. The highest BCUT2D eigenvalue weighted by atomic mass is 79.9. The number of ether oxygens (including phenoxy) is 1. The summed E-state index contributed by atoms with van der Waals surface area (Å²) < 4.78 is 6.56. The summed E-state index contributed by atoms with van der Waals surface area (Å²) in [6.07, 6.45) is 0.899. The maximum atomic E-state index is 12.2. The third-order valence-electron chi connectivity index (χ3n) is 3.61. The number of hydrogen-bond donors (Lipinski definition) is 1. The molecule has 0 atom stereocenters. The van der Waals surface area contributed by atoms with Crippen molar-refractivity contribution in [1.29, 1.82) is 0 Å². The minimum Gasteiger partial charge on any atom is -0.483 e. The van der Waals surface area contributed by atoms with Gasteiger partial charge in [0.15, 0.2) is 6.61 Å². The minimum absolute atomic E-state index is 0.0149. The molecule has 1 rings (SSSR count). The standard InChI is InChI=1S/C20H32BrNO2/c1-18(2,3)13-20(7,8)22-17(23)12-24-16-10-9-14(11-15(16)21)19(4,5)6/h9-11H,12-13H2,1-8H3,(H,22,23). The predicted molar refractivity (Wildman–Crippen MR) is 105 cm³/mol. The van der Waals surface area contributed by atoms with Gasteiger partial charge in [-0.1, -0.05) is 47.6 Å². The maximum absolute atomic E-state index is 12.2. The number of carbonyl (C=O) groups excluding carboxylic acids is 1. The number of amides is 1. The van der Waals surface area contributed by atoms with E-state index in [4.69, 9.17) is 4.74 Å². The van der Waals surface area contributed by atoms with Crippen LogP contribution in [0.3, 0.4) is 0 Å². The molecule has 0 saturated carbocycles. The van der Waals surface area contributed by atoms with Crippen molar-refractivity contribution in [2.45, 2.75) is 72.8 Å². The molecule has 0 radical (unpaired) electrons. The van der Waals surface area contributed by atoms with Crippen molar-refractivity contribution in [3.05, 3.63) is 28.2 Å². The van der Waals surface area contributed by atoms with Crippen molar-refractivity contribution in [3.8, 4) is 5.75 Å². The number of hydrogen-bond acceptors (Lipinski definition) is 2. The van der Waals surface area contributed by atoms with Gasteiger partial charge in [0.1, 0.15) is 5.75 Å². The molecule has 0 spiro atoms. The van der Waals surface area contributed by atoms with E-state index in [0.29, 0.717) is 5.75 Å². The Morgan fingerprint density at radius 1 is 1.08 bits per heavy atom. The Bertz CT molecular complexity index is 580. The van der Waals surface area contributed by atoms with Gasteiger partial charge in [-0.2, -0.15) is 0 Å². The van der Waals surface area contributed by atoms with E-state index in [1.807, 2.05) is 26.0 Å². The number of halogens is 1. The van der Waals surface area contributed by atoms with E-state index in [2.05, 4.69) is 68.9 Å². The van der Waals surface area contributed by atoms with E-state index in [1.54, 1.807) is 0 Å². The summed E-state index contributed by atoms with van der Waals surface area (Å²) in [7, 11) is 0. The number of carbonyl (C=O) groups is 1. The first kappa shape index (κ1) is 21.0. The van der Waals surface area contributed by atoms with Crippen LogP contribution in [0.4, 0.5) is 0 Å². The summed E-state index contributed by atoms with van der Waals surface area (Å²) in [5, 5.41) is 3.06. The van der Waals surface area contributed by atoms with Crippen LogP contribution < -0.4 is 10.1 Å². The molecule has 0 unspecified atom stereocenters. The van der Waals surface area contributed by atoms with Crippen molar-refractivity contribution < 1.29 is 9.53 Å². The second-order valence-electron chi connectivity index (χ2n) is 9.35. The molecule has 0 heterocycles. The second-order valence-corrected chi connectivity index (χ2v) is 10.2. The van der Waals surface area contributed by atoms with Gasteiger partial charge in [0.25, 0.3) is 5.91 Å². The van der Waals surface area contributed by atoms with Crippen molar-refractivity contribution in [2.24, 2.45) is 5.41 Å². The quantitative estimate of drug-likeness (QED) is 0.716. The predicted octanol–water partition coefficient (Wildman–Crippen LogP) is 5.46. The van der Waals surface area contributed by atoms with Crippen molar-refractivity contribution in [1.82, 2.24) is 5.32 Å². The molecule has 0 bridgehead atoms. The van der Waals surface area contributed by atoms with Gasteiger partial charge in [0, 0.05) is 5.54 Å². The Hall–Kier alpha value is -1.03. The first-order valence-corrected chi connectivity index (χ1v) is 9.23. The second kappa shape index (κ2) is 7.47. The fraction of sp³-hybridized carbons (Fsp3) is 0.650. The monoisotopic (exact) mass is 397 g/mol. The number of nitrogens with one attached hydrogen (secondary N) is 1. The Kier molecular flexibility index (Phi) is 6.54. The van der Waals surface area contributed by atoms with Crippen LogP contribution >= 0.6 is 15.9 Å². The average molecular weight is 398 g/mol.